The average molecular weight is 327 g/mol. The van der Waals surface area contributed by atoms with Crippen LogP contribution in [0.5, 0.6) is 0 Å². The zero-order valence-corrected chi connectivity index (χ0v) is 13.8. The number of rotatable bonds is 4. The Morgan fingerprint density at radius 3 is 2.27 bits per heavy atom. The fraction of sp³-hybridized carbons (Fsp3) is 0.429. The van der Waals surface area contributed by atoms with Crippen LogP contribution in [0.1, 0.15) is 27.7 Å². The van der Waals surface area contributed by atoms with E-state index in [-0.39, 0.29) is 11.2 Å². The summed E-state index contributed by atoms with van der Waals surface area (Å²) in [5.74, 6) is -0.730. The standard InChI is InChI=1S/C14H19BFNO4S/c1-6-22(18,19)17-11-9-7-8-10(12(11)16)15-20-13(2,3)14(4,5)21-15/h6-9,17H,1H2,2-5H3. The van der Waals surface area contributed by atoms with Gasteiger partial charge in [0.1, 0.15) is 5.82 Å². The number of benzene rings is 1. The van der Waals surface area contributed by atoms with Gasteiger partial charge in [0.25, 0.3) is 10.0 Å². The largest absolute Gasteiger partial charge is 0.497 e. The molecule has 0 bridgehead atoms. The lowest BCUT2D eigenvalue weighted by molar-refractivity contribution is 0.00578. The highest BCUT2D eigenvalue weighted by molar-refractivity contribution is 7.95. The van der Waals surface area contributed by atoms with Crippen LogP contribution in [0.25, 0.3) is 0 Å². The maximum absolute atomic E-state index is 14.6. The molecule has 120 valence electrons. The second-order valence-corrected chi connectivity index (χ2v) is 7.74. The number of hydrogen-bond donors (Lipinski definition) is 1. The predicted octanol–water partition coefficient (Wildman–Crippen LogP) is 2.01. The normalized spacial score (nSPS) is 20.0. The molecule has 0 unspecified atom stereocenters. The van der Waals surface area contributed by atoms with E-state index >= 15 is 0 Å². The van der Waals surface area contributed by atoms with Crippen molar-refractivity contribution in [3.05, 3.63) is 36.0 Å². The Morgan fingerprint density at radius 1 is 1.23 bits per heavy atom. The van der Waals surface area contributed by atoms with Crippen LogP contribution in [0.15, 0.2) is 30.2 Å². The maximum atomic E-state index is 14.6. The third-order valence-corrected chi connectivity index (χ3v) is 4.95. The van der Waals surface area contributed by atoms with Crippen molar-refractivity contribution in [2.24, 2.45) is 0 Å². The monoisotopic (exact) mass is 327 g/mol. The van der Waals surface area contributed by atoms with E-state index in [0.717, 1.165) is 0 Å². The minimum absolute atomic E-state index is 0.142. The van der Waals surface area contributed by atoms with E-state index in [2.05, 4.69) is 11.3 Å². The van der Waals surface area contributed by atoms with Crippen molar-refractivity contribution in [3.63, 3.8) is 0 Å². The van der Waals surface area contributed by atoms with Crippen molar-refractivity contribution in [2.45, 2.75) is 38.9 Å². The molecule has 1 fully saturated rings. The predicted molar refractivity (Wildman–Crippen MR) is 84.9 cm³/mol. The van der Waals surface area contributed by atoms with E-state index in [4.69, 9.17) is 9.31 Å². The summed E-state index contributed by atoms with van der Waals surface area (Å²) >= 11 is 0. The van der Waals surface area contributed by atoms with E-state index < -0.39 is 34.2 Å². The molecule has 1 aromatic rings. The first-order valence-electron chi connectivity index (χ1n) is 6.78. The third-order valence-electron chi connectivity index (χ3n) is 4.01. The topological polar surface area (TPSA) is 64.6 Å². The number of nitrogens with one attached hydrogen (secondary N) is 1. The van der Waals surface area contributed by atoms with Gasteiger partial charge in [-0.05, 0) is 33.8 Å². The molecule has 0 spiro atoms. The summed E-state index contributed by atoms with van der Waals surface area (Å²) in [4.78, 5) is 0. The van der Waals surface area contributed by atoms with E-state index in [1.807, 2.05) is 27.7 Å². The van der Waals surface area contributed by atoms with Crippen LogP contribution in [0, 0.1) is 5.82 Å². The lowest BCUT2D eigenvalue weighted by atomic mass is 9.78. The molecule has 1 aliphatic rings. The molecule has 1 N–H and O–H groups in total. The smallest absolute Gasteiger partial charge is 0.399 e. The van der Waals surface area contributed by atoms with Gasteiger partial charge in [-0.25, -0.2) is 12.8 Å². The minimum Gasteiger partial charge on any atom is -0.399 e. The average Bonchev–Trinajstić information content (AvgIpc) is 2.60. The summed E-state index contributed by atoms with van der Waals surface area (Å²) in [6.07, 6.45) is 0. The van der Waals surface area contributed by atoms with Gasteiger partial charge >= 0.3 is 7.12 Å². The maximum Gasteiger partial charge on any atom is 0.497 e. The molecule has 8 heteroatoms. The molecule has 2 rings (SSSR count). The molecule has 1 aromatic carbocycles. The lowest BCUT2D eigenvalue weighted by Gasteiger charge is -2.32. The molecule has 1 saturated heterocycles. The second-order valence-electron chi connectivity index (χ2n) is 6.11. The number of hydrogen-bond acceptors (Lipinski definition) is 4. The Hall–Kier alpha value is -1.38. The van der Waals surface area contributed by atoms with E-state index in [9.17, 15) is 12.8 Å². The van der Waals surface area contributed by atoms with Crippen molar-refractivity contribution < 1.29 is 22.1 Å². The van der Waals surface area contributed by atoms with Crippen LogP contribution >= 0.6 is 0 Å². The molecule has 0 aliphatic carbocycles. The highest BCUT2D eigenvalue weighted by Gasteiger charge is 2.52. The Balaban J connectivity index is 2.37. The fourth-order valence-electron chi connectivity index (χ4n) is 1.98. The van der Waals surface area contributed by atoms with Gasteiger partial charge in [0.15, 0.2) is 0 Å². The summed E-state index contributed by atoms with van der Waals surface area (Å²) in [5.41, 5.74) is -1.25. The molecule has 1 heterocycles. The molecule has 0 saturated carbocycles. The van der Waals surface area contributed by atoms with E-state index in [0.29, 0.717) is 5.41 Å². The van der Waals surface area contributed by atoms with Gasteiger partial charge in [-0.2, -0.15) is 0 Å². The van der Waals surface area contributed by atoms with Crippen molar-refractivity contribution in [2.75, 3.05) is 4.72 Å². The van der Waals surface area contributed by atoms with Crippen LogP contribution in [0.4, 0.5) is 10.1 Å². The van der Waals surface area contributed by atoms with Crippen LogP contribution in [-0.2, 0) is 19.3 Å². The number of halogens is 1. The molecular formula is C14H19BFNO4S. The summed E-state index contributed by atoms with van der Waals surface area (Å²) in [5, 5.41) is 0.716. The first-order chi connectivity index (χ1) is 9.99. The van der Waals surface area contributed by atoms with Gasteiger partial charge in [0, 0.05) is 10.9 Å². The minimum atomic E-state index is -3.79. The van der Waals surface area contributed by atoms with Gasteiger partial charge < -0.3 is 9.31 Å². The van der Waals surface area contributed by atoms with Crippen LogP contribution in [0.3, 0.4) is 0 Å². The second kappa shape index (κ2) is 5.36. The van der Waals surface area contributed by atoms with Gasteiger partial charge in [-0.15, -0.1) is 0 Å². The van der Waals surface area contributed by atoms with Gasteiger partial charge in [0.05, 0.1) is 16.9 Å². The van der Waals surface area contributed by atoms with Gasteiger partial charge in [-0.3, -0.25) is 4.72 Å². The zero-order chi connectivity index (χ0) is 16.8. The Kier molecular flexibility index (Phi) is 4.14. The zero-order valence-electron chi connectivity index (χ0n) is 13.0. The SMILES string of the molecule is C=CS(=O)(=O)Nc1cccc(B2OC(C)(C)C(C)(C)O2)c1F. The Morgan fingerprint density at radius 2 is 1.77 bits per heavy atom. The van der Waals surface area contributed by atoms with Crippen LogP contribution in [0.2, 0.25) is 0 Å². The fourth-order valence-corrected chi connectivity index (χ4v) is 2.52. The van der Waals surface area contributed by atoms with E-state index in [1.54, 1.807) is 0 Å². The van der Waals surface area contributed by atoms with E-state index in [1.165, 1.54) is 18.2 Å². The third kappa shape index (κ3) is 3.04. The van der Waals surface area contributed by atoms with Crippen molar-refractivity contribution >= 4 is 28.3 Å². The number of sulfonamides is 1. The van der Waals surface area contributed by atoms with Crippen molar-refractivity contribution in [1.29, 1.82) is 0 Å². The first kappa shape index (κ1) is 17.0. The van der Waals surface area contributed by atoms with Crippen molar-refractivity contribution in [3.8, 4) is 0 Å². The summed E-state index contributed by atoms with van der Waals surface area (Å²) < 4.78 is 51.3. The van der Waals surface area contributed by atoms with Gasteiger partial charge in [0.2, 0.25) is 0 Å². The molecule has 1 aliphatic heterocycles. The Labute approximate surface area is 130 Å². The highest BCUT2D eigenvalue weighted by atomic mass is 32.2. The molecule has 0 amide bonds. The first-order valence-corrected chi connectivity index (χ1v) is 8.33. The summed E-state index contributed by atoms with van der Waals surface area (Å²) in [6, 6.07) is 4.36. The highest BCUT2D eigenvalue weighted by Crippen LogP contribution is 2.36. The number of anilines is 1. The molecule has 0 atom stereocenters. The van der Waals surface area contributed by atoms with Crippen LogP contribution < -0.4 is 10.2 Å². The summed E-state index contributed by atoms with van der Waals surface area (Å²) in [7, 11) is -4.69. The lowest BCUT2D eigenvalue weighted by Crippen LogP contribution is -2.41. The molecule has 5 nitrogen and oxygen atoms in total. The van der Waals surface area contributed by atoms with Crippen molar-refractivity contribution in [1.82, 2.24) is 0 Å². The molecule has 22 heavy (non-hydrogen) atoms. The van der Waals surface area contributed by atoms with Crippen LogP contribution in [-0.4, -0.2) is 26.7 Å². The molecule has 0 aromatic heterocycles. The quantitative estimate of drug-likeness (QED) is 0.859. The Bertz CT molecular complexity index is 687. The summed E-state index contributed by atoms with van der Waals surface area (Å²) in [6.45, 7) is 10.6. The molecule has 0 radical (unpaired) electrons. The molecular weight excluding hydrogens is 308 g/mol. The van der Waals surface area contributed by atoms with Gasteiger partial charge in [-0.1, -0.05) is 18.7 Å².